The molecule has 0 aliphatic carbocycles. The molecule has 138 valence electrons. The molecule has 1 amide bonds. The van der Waals surface area contributed by atoms with Crippen LogP contribution in [0.25, 0.3) is 0 Å². The van der Waals surface area contributed by atoms with E-state index in [1.165, 1.54) is 12.1 Å². The summed E-state index contributed by atoms with van der Waals surface area (Å²) in [5.74, 6) is -0.485. The summed E-state index contributed by atoms with van der Waals surface area (Å²) in [5.41, 5.74) is 0.802. The lowest BCUT2D eigenvalue weighted by atomic mass is 10.2. The van der Waals surface area contributed by atoms with Crippen molar-refractivity contribution in [2.45, 2.75) is 6.61 Å². The van der Waals surface area contributed by atoms with Crippen LogP contribution >= 0.6 is 7.82 Å². The van der Waals surface area contributed by atoms with Crippen molar-refractivity contribution in [1.29, 1.82) is 0 Å². The third kappa shape index (κ3) is 7.48. The van der Waals surface area contributed by atoms with Gasteiger partial charge in [0, 0.05) is 0 Å². The van der Waals surface area contributed by atoms with Gasteiger partial charge >= 0.3 is 13.9 Å². The minimum Gasteiger partial charge on any atom is -0.445 e. The van der Waals surface area contributed by atoms with Gasteiger partial charge in [0.25, 0.3) is 0 Å². The molecule has 26 heavy (non-hydrogen) atoms. The molecule has 0 saturated heterocycles. The average molecular weight is 379 g/mol. The highest BCUT2D eigenvalue weighted by atomic mass is 31.2. The highest BCUT2D eigenvalue weighted by molar-refractivity contribution is 7.47. The number of hydrogen-bond acceptors (Lipinski definition) is 6. The van der Waals surface area contributed by atoms with E-state index >= 15 is 0 Å². The second-order valence-corrected chi connectivity index (χ2v) is 6.48. The van der Waals surface area contributed by atoms with E-state index in [4.69, 9.17) is 9.26 Å². The van der Waals surface area contributed by atoms with Crippen LogP contribution in [0.5, 0.6) is 5.75 Å². The summed E-state index contributed by atoms with van der Waals surface area (Å²) in [6, 6.07) is 16.9. The van der Waals surface area contributed by atoms with Gasteiger partial charge in [0.2, 0.25) is 0 Å². The zero-order valence-corrected chi connectivity index (χ0v) is 14.6. The molecule has 0 aliphatic rings. The van der Waals surface area contributed by atoms with Gasteiger partial charge in [-0.2, -0.15) is 0 Å². The zero-order valence-electron chi connectivity index (χ0n) is 13.7. The Balaban J connectivity index is 1.66. The first-order valence-electron chi connectivity index (χ1n) is 7.63. The van der Waals surface area contributed by atoms with Crippen molar-refractivity contribution >= 4 is 19.7 Å². The Morgan fingerprint density at radius 1 is 1.00 bits per heavy atom. The van der Waals surface area contributed by atoms with E-state index in [2.05, 4.69) is 9.84 Å². The fourth-order valence-corrected chi connectivity index (χ4v) is 2.54. The molecule has 0 aliphatic heterocycles. The molecule has 0 fully saturated rings. The van der Waals surface area contributed by atoms with Crippen LogP contribution in [-0.2, 0) is 25.2 Å². The Bertz CT molecular complexity index is 767. The number of Topliss-reactive ketones (excluding diaryl/α,β-unsaturated/α-hetero) is 1. The normalized spacial score (nSPS) is 12.7. The number of ketones is 1. The Hall–Kier alpha value is -2.67. The van der Waals surface area contributed by atoms with Crippen LogP contribution in [-0.4, -0.2) is 29.9 Å². The molecule has 2 aromatic carbocycles. The molecule has 2 N–H and O–H groups in total. The summed E-state index contributed by atoms with van der Waals surface area (Å²) >= 11 is 0. The number of amides is 1. The Morgan fingerprint density at radius 3 is 2.27 bits per heavy atom. The molecule has 0 bridgehead atoms. The number of alkyl carbamates (subject to hydrolysis) is 1. The average Bonchev–Trinajstić information content (AvgIpc) is 2.64. The first-order chi connectivity index (χ1) is 12.4. The van der Waals surface area contributed by atoms with Gasteiger partial charge in [-0.25, -0.2) is 9.36 Å². The number of phosphoric ester groups is 1. The minimum atomic E-state index is -4.43. The number of para-hydroxylation sites is 1. The van der Waals surface area contributed by atoms with Crippen molar-refractivity contribution in [3.8, 4) is 5.75 Å². The SMILES string of the molecule is O=C(CNC(=O)OCc1ccccc1)COP(=O)(O)Oc1ccccc1. The van der Waals surface area contributed by atoms with Gasteiger partial charge in [-0.05, 0) is 17.7 Å². The highest BCUT2D eigenvalue weighted by Crippen LogP contribution is 2.43. The lowest BCUT2D eigenvalue weighted by Crippen LogP contribution is -2.31. The number of phosphoric acid groups is 1. The molecule has 8 nitrogen and oxygen atoms in total. The van der Waals surface area contributed by atoms with Crippen molar-refractivity contribution in [2.75, 3.05) is 13.2 Å². The molecule has 1 unspecified atom stereocenters. The van der Waals surface area contributed by atoms with Crippen molar-refractivity contribution < 1.29 is 32.8 Å². The summed E-state index contributed by atoms with van der Waals surface area (Å²) in [6.07, 6.45) is -0.782. The fourth-order valence-electron chi connectivity index (χ4n) is 1.79. The van der Waals surface area contributed by atoms with Crippen LogP contribution in [0.4, 0.5) is 4.79 Å². The number of benzene rings is 2. The number of nitrogens with one attached hydrogen (secondary N) is 1. The van der Waals surface area contributed by atoms with Gasteiger partial charge in [0.15, 0.2) is 5.78 Å². The van der Waals surface area contributed by atoms with Crippen LogP contribution in [0, 0.1) is 0 Å². The summed E-state index contributed by atoms with van der Waals surface area (Å²) in [5, 5.41) is 2.24. The maximum atomic E-state index is 11.7. The van der Waals surface area contributed by atoms with E-state index in [9.17, 15) is 19.0 Å². The van der Waals surface area contributed by atoms with Crippen LogP contribution in [0.2, 0.25) is 0 Å². The number of carbonyl (C=O) groups is 2. The number of hydrogen-bond donors (Lipinski definition) is 2. The quantitative estimate of drug-likeness (QED) is 0.644. The molecule has 0 saturated carbocycles. The molecular weight excluding hydrogens is 361 g/mol. The van der Waals surface area contributed by atoms with Crippen molar-refractivity contribution in [1.82, 2.24) is 5.32 Å². The van der Waals surface area contributed by atoms with E-state index in [1.54, 1.807) is 30.3 Å². The molecule has 2 rings (SSSR count). The summed E-state index contributed by atoms with van der Waals surface area (Å²) in [4.78, 5) is 32.7. The van der Waals surface area contributed by atoms with Crippen LogP contribution in [0.15, 0.2) is 60.7 Å². The smallest absolute Gasteiger partial charge is 0.445 e. The van der Waals surface area contributed by atoms with Gasteiger partial charge in [0.1, 0.15) is 19.0 Å². The molecule has 1 atom stereocenters. The topological polar surface area (TPSA) is 111 Å². The van der Waals surface area contributed by atoms with Gasteiger partial charge in [0.05, 0.1) is 6.54 Å². The maximum Gasteiger partial charge on any atom is 0.527 e. The van der Waals surface area contributed by atoms with Crippen molar-refractivity contribution in [3.63, 3.8) is 0 Å². The van der Waals surface area contributed by atoms with Crippen molar-refractivity contribution in [3.05, 3.63) is 66.2 Å². The van der Waals surface area contributed by atoms with E-state index in [0.29, 0.717) is 0 Å². The maximum absolute atomic E-state index is 11.7. The Labute approximate surface area is 150 Å². The van der Waals surface area contributed by atoms with Crippen LogP contribution in [0.3, 0.4) is 0 Å². The molecule has 0 aromatic heterocycles. The van der Waals surface area contributed by atoms with Gasteiger partial charge in [-0.3, -0.25) is 14.2 Å². The summed E-state index contributed by atoms with van der Waals surface area (Å²) < 4.78 is 26.1. The predicted octanol–water partition coefficient (Wildman–Crippen LogP) is 2.68. The second kappa shape index (κ2) is 9.72. The lowest BCUT2D eigenvalue weighted by Gasteiger charge is -2.12. The molecule has 0 spiro atoms. The van der Waals surface area contributed by atoms with Gasteiger partial charge < -0.3 is 14.6 Å². The van der Waals surface area contributed by atoms with E-state index in [1.807, 2.05) is 18.2 Å². The molecule has 2 aromatic rings. The summed E-state index contributed by atoms with van der Waals surface area (Å²) in [6.45, 7) is -1.04. The van der Waals surface area contributed by atoms with E-state index in [-0.39, 0.29) is 12.4 Å². The Morgan fingerprint density at radius 2 is 1.62 bits per heavy atom. The zero-order chi connectivity index (χ0) is 18.8. The van der Waals surface area contributed by atoms with E-state index in [0.717, 1.165) is 5.56 Å². The monoisotopic (exact) mass is 379 g/mol. The fraction of sp³-hybridized carbons (Fsp3) is 0.176. The molecule has 9 heteroatoms. The first kappa shape index (κ1) is 19.7. The summed E-state index contributed by atoms with van der Waals surface area (Å²) in [7, 11) is -4.43. The van der Waals surface area contributed by atoms with Gasteiger partial charge in [-0.15, -0.1) is 0 Å². The largest absolute Gasteiger partial charge is 0.527 e. The van der Waals surface area contributed by atoms with Crippen LogP contribution < -0.4 is 9.84 Å². The molecule has 0 radical (unpaired) electrons. The lowest BCUT2D eigenvalue weighted by molar-refractivity contribution is -0.120. The third-order valence-electron chi connectivity index (χ3n) is 3.00. The number of ether oxygens (including phenoxy) is 1. The second-order valence-electron chi connectivity index (χ2n) is 5.10. The highest BCUT2D eigenvalue weighted by Gasteiger charge is 2.24. The van der Waals surface area contributed by atoms with Crippen LogP contribution in [0.1, 0.15) is 5.56 Å². The molecule has 0 heterocycles. The van der Waals surface area contributed by atoms with E-state index < -0.39 is 32.9 Å². The third-order valence-corrected chi connectivity index (χ3v) is 3.89. The Kier molecular flexibility index (Phi) is 7.35. The van der Waals surface area contributed by atoms with Crippen molar-refractivity contribution in [2.24, 2.45) is 0 Å². The minimum absolute atomic E-state index is 0.0636. The van der Waals surface area contributed by atoms with Gasteiger partial charge in [-0.1, -0.05) is 48.5 Å². The first-order valence-corrected chi connectivity index (χ1v) is 9.12. The predicted molar refractivity (Wildman–Crippen MR) is 92.5 cm³/mol. The number of carbonyl (C=O) groups excluding carboxylic acids is 2. The number of rotatable bonds is 9. The standard InChI is InChI=1S/C17H18NO7P/c19-15(11-18-17(20)23-12-14-7-3-1-4-8-14)13-24-26(21,22)25-16-9-5-2-6-10-16/h1-10H,11-13H2,(H,18,20)(H,21,22). The molecular formula is C17H18NO7P.